The van der Waals surface area contributed by atoms with E-state index in [4.69, 9.17) is 25.8 Å². The summed E-state index contributed by atoms with van der Waals surface area (Å²) in [6, 6.07) is 2.16. The molecule has 0 heterocycles. The van der Waals surface area contributed by atoms with Crippen LogP contribution in [0.25, 0.3) is 0 Å². The molecule has 1 atom stereocenters. The standard InChI is InChI=1S/C18H25ClN2O6/c1-5-8-26-15-13(19)9-12(10-14(15)25-7-3)17(23)27-11(4)16(22)21-18(24)20-6-2/h9-11H,5-8H2,1-4H3,(H2,20,21,22,24). The minimum Gasteiger partial charge on any atom is -0.490 e. The van der Waals surface area contributed by atoms with Crippen molar-refractivity contribution >= 4 is 29.5 Å². The molecule has 0 spiro atoms. The number of hydrogen-bond acceptors (Lipinski definition) is 6. The molecule has 0 aliphatic carbocycles. The lowest BCUT2D eigenvalue weighted by Crippen LogP contribution is -2.44. The van der Waals surface area contributed by atoms with Crippen LogP contribution in [0.2, 0.25) is 5.02 Å². The van der Waals surface area contributed by atoms with Gasteiger partial charge in [-0.05, 0) is 39.3 Å². The number of imide groups is 1. The van der Waals surface area contributed by atoms with Crippen LogP contribution >= 0.6 is 11.6 Å². The summed E-state index contributed by atoms with van der Waals surface area (Å²) < 4.78 is 16.2. The SMILES string of the molecule is CCCOc1c(Cl)cc(C(=O)OC(C)C(=O)NC(=O)NCC)cc1OCC. The molecule has 1 aromatic carbocycles. The van der Waals surface area contributed by atoms with E-state index in [9.17, 15) is 14.4 Å². The van der Waals surface area contributed by atoms with Crippen molar-refractivity contribution in [3.05, 3.63) is 22.7 Å². The van der Waals surface area contributed by atoms with E-state index in [-0.39, 0.29) is 10.6 Å². The quantitative estimate of drug-likeness (QED) is 0.618. The van der Waals surface area contributed by atoms with Crippen molar-refractivity contribution in [2.75, 3.05) is 19.8 Å². The second-order valence-electron chi connectivity index (χ2n) is 5.46. The number of urea groups is 1. The predicted octanol–water partition coefficient (Wildman–Crippen LogP) is 2.92. The van der Waals surface area contributed by atoms with E-state index in [1.807, 2.05) is 6.92 Å². The maximum absolute atomic E-state index is 12.3. The maximum Gasteiger partial charge on any atom is 0.339 e. The number of nitrogens with one attached hydrogen (secondary N) is 2. The van der Waals surface area contributed by atoms with Crippen LogP contribution in [0.1, 0.15) is 44.5 Å². The van der Waals surface area contributed by atoms with Crippen molar-refractivity contribution in [2.45, 2.75) is 40.2 Å². The number of carbonyl (C=O) groups is 3. The van der Waals surface area contributed by atoms with Gasteiger partial charge in [0.15, 0.2) is 17.6 Å². The van der Waals surface area contributed by atoms with Gasteiger partial charge < -0.3 is 19.5 Å². The molecule has 8 nitrogen and oxygen atoms in total. The molecule has 3 amide bonds. The van der Waals surface area contributed by atoms with Crippen molar-refractivity contribution in [1.29, 1.82) is 0 Å². The summed E-state index contributed by atoms with van der Waals surface area (Å²) in [5.41, 5.74) is 0.102. The van der Waals surface area contributed by atoms with Crippen LogP contribution in [0.3, 0.4) is 0 Å². The number of rotatable bonds is 9. The number of carbonyl (C=O) groups excluding carboxylic acids is 3. The van der Waals surface area contributed by atoms with Crippen LogP contribution in [-0.2, 0) is 9.53 Å². The van der Waals surface area contributed by atoms with E-state index in [1.54, 1.807) is 13.8 Å². The third kappa shape index (κ3) is 6.97. The highest BCUT2D eigenvalue weighted by molar-refractivity contribution is 6.32. The highest BCUT2D eigenvalue weighted by Gasteiger charge is 2.23. The van der Waals surface area contributed by atoms with Gasteiger partial charge in [0.25, 0.3) is 5.91 Å². The number of amides is 3. The molecule has 0 aromatic heterocycles. The molecule has 0 radical (unpaired) electrons. The maximum atomic E-state index is 12.3. The molecule has 0 bridgehead atoms. The number of ether oxygens (including phenoxy) is 3. The Morgan fingerprint density at radius 1 is 1.15 bits per heavy atom. The Hall–Kier alpha value is -2.48. The number of benzene rings is 1. The molecule has 0 saturated heterocycles. The summed E-state index contributed by atoms with van der Waals surface area (Å²) in [5.74, 6) is -0.865. The third-order valence-corrected chi connectivity index (χ3v) is 3.50. The Morgan fingerprint density at radius 3 is 2.44 bits per heavy atom. The van der Waals surface area contributed by atoms with Gasteiger partial charge in [0.05, 0.1) is 23.8 Å². The number of hydrogen-bond donors (Lipinski definition) is 2. The lowest BCUT2D eigenvalue weighted by molar-refractivity contribution is -0.127. The van der Waals surface area contributed by atoms with Crippen molar-refractivity contribution in [3.8, 4) is 11.5 Å². The van der Waals surface area contributed by atoms with Gasteiger partial charge in [0, 0.05) is 6.54 Å². The van der Waals surface area contributed by atoms with E-state index < -0.39 is 24.0 Å². The van der Waals surface area contributed by atoms with Gasteiger partial charge >= 0.3 is 12.0 Å². The van der Waals surface area contributed by atoms with Crippen LogP contribution in [0.5, 0.6) is 11.5 Å². The fourth-order valence-corrected chi connectivity index (χ4v) is 2.26. The van der Waals surface area contributed by atoms with E-state index in [0.717, 1.165) is 6.42 Å². The fourth-order valence-electron chi connectivity index (χ4n) is 1.99. The van der Waals surface area contributed by atoms with Gasteiger partial charge in [0.1, 0.15) is 0 Å². The summed E-state index contributed by atoms with van der Waals surface area (Å²) in [7, 11) is 0. The molecule has 1 unspecified atom stereocenters. The van der Waals surface area contributed by atoms with Gasteiger partial charge in [-0.1, -0.05) is 18.5 Å². The predicted molar refractivity (Wildman–Crippen MR) is 100 cm³/mol. The van der Waals surface area contributed by atoms with Crippen LogP contribution in [0, 0.1) is 0 Å². The Labute approximate surface area is 163 Å². The first-order valence-electron chi connectivity index (χ1n) is 8.72. The summed E-state index contributed by atoms with van der Waals surface area (Å²) in [6.45, 7) is 7.96. The van der Waals surface area contributed by atoms with E-state index in [2.05, 4.69) is 10.6 Å². The minimum absolute atomic E-state index is 0.102. The van der Waals surface area contributed by atoms with Crippen LogP contribution in [0.15, 0.2) is 12.1 Å². The Balaban J connectivity index is 2.90. The highest BCUT2D eigenvalue weighted by Crippen LogP contribution is 2.37. The van der Waals surface area contributed by atoms with Crippen LogP contribution < -0.4 is 20.1 Å². The molecule has 1 rings (SSSR count). The Morgan fingerprint density at radius 2 is 1.85 bits per heavy atom. The van der Waals surface area contributed by atoms with Crippen LogP contribution in [-0.4, -0.2) is 43.8 Å². The zero-order valence-electron chi connectivity index (χ0n) is 15.9. The average Bonchev–Trinajstić information content (AvgIpc) is 2.61. The van der Waals surface area contributed by atoms with E-state index >= 15 is 0 Å². The second-order valence-corrected chi connectivity index (χ2v) is 5.87. The van der Waals surface area contributed by atoms with Gasteiger partial charge in [-0.2, -0.15) is 0 Å². The van der Waals surface area contributed by atoms with Gasteiger partial charge in [-0.15, -0.1) is 0 Å². The molecular weight excluding hydrogens is 376 g/mol. The average molecular weight is 401 g/mol. The molecule has 1 aromatic rings. The minimum atomic E-state index is -1.18. The topological polar surface area (TPSA) is 103 Å². The molecule has 9 heteroatoms. The molecule has 0 fully saturated rings. The molecule has 0 aliphatic rings. The smallest absolute Gasteiger partial charge is 0.339 e. The summed E-state index contributed by atoms with van der Waals surface area (Å²) >= 11 is 6.21. The lowest BCUT2D eigenvalue weighted by Gasteiger charge is -2.16. The molecular formula is C18H25ClN2O6. The van der Waals surface area contributed by atoms with E-state index in [1.165, 1.54) is 19.1 Å². The molecule has 2 N–H and O–H groups in total. The van der Waals surface area contributed by atoms with Gasteiger partial charge in [0.2, 0.25) is 0 Å². The Bertz CT molecular complexity index is 680. The normalized spacial score (nSPS) is 11.3. The van der Waals surface area contributed by atoms with Crippen molar-refractivity contribution in [1.82, 2.24) is 10.6 Å². The number of halogens is 1. The lowest BCUT2D eigenvalue weighted by atomic mass is 10.2. The van der Waals surface area contributed by atoms with Crippen molar-refractivity contribution < 1.29 is 28.6 Å². The molecule has 150 valence electrons. The van der Waals surface area contributed by atoms with Gasteiger partial charge in [-0.3, -0.25) is 10.1 Å². The number of esters is 1. The summed E-state index contributed by atoms with van der Waals surface area (Å²) in [5, 5.41) is 4.68. The monoisotopic (exact) mass is 400 g/mol. The van der Waals surface area contributed by atoms with Crippen molar-refractivity contribution in [3.63, 3.8) is 0 Å². The zero-order valence-corrected chi connectivity index (χ0v) is 16.6. The third-order valence-electron chi connectivity index (χ3n) is 3.22. The molecule has 0 aliphatic heterocycles. The largest absolute Gasteiger partial charge is 0.490 e. The fraction of sp³-hybridized carbons (Fsp3) is 0.500. The summed E-state index contributed by atoms with van der Waals surface area (Å²) in [4.78, 5) is 35.6. The second kappa shape index (κ2) is 11.3. The first-order chi connectivity index (χ1) is 12.8. The van der Waals surface area contributed by atoms with Gasteiger partial charge in [-0.25, -0.2) is 9.59 Å². The first kappa shape index (κ1) is 22.6. The Kier molecular flexibility index (Phi) is 9.42. The molecule has 27 heavy (non-hydrogen) atoms. The zero-order chi connectivity index (χ0) is 20.4. The summed E-state index contributed by atoms with van der Waals surface area (Å²) in [6.07, 6.45) is -0.394. The highest BCUT2D eigenvalue weighted by atomic mass is 35.5. The van der Waals surface area contributed by atoms with Crippen LogP contribution in [0.4, 0.5) is 4.79 Å². The van der Waals surface area contributed by atoms with E-state index in [0.29, 0.717) is 31.3 Å². The molecule has 0 saturated carbocycles. The first-order valence-corrected chi connectivity index (χ1v) is 9.10. The van der Waals surface area contributed by atoms with Crippen molar-refractivity contribution in [2.24, 2.45) is 0 Å².